The Hall–Kier alpha value is -4.84. The molecule has 1 unspecified atom stereocenters. The number of hydrogen-bond donors (Lipinski definition) is 1. The van der Waals surface area contributed by atoms with Crippen molar-refractivity contribution in [3.05, 3.63) is 47.5 Å². The Balaban J connectivity index is 1.14. The average molecular weight is 683 g/mol. The number of ether oxygens (including phenoxy) is 3. The van der Waals surface area contributed by atoms with Crippen LogP contribution in [0.1, 0.15) is 31.2 Å². The minimum absolute atomic E-state index is 0.0119. The number of aromatic nitrogens is 3. The Morgan fingerprint density at radius 3 is 2.86 bits per heavy atom. The summed E-state index contributed by atoms with van der Waals surface area (Å²) in [5, 5.41) is 9.25. The first-order chi connectivity index (χ1) is 24.2. The lowest BCUT2D eigenvalue weighted by molar-refractivity contribution is -0.0880. The van der Waals surface area contributed by atoms with Crippen molar-refractivity contribution >= 4 is 33.6 Å². The Kier molecular flexibility index (Phi) is 7.07. The fourth-order valence-electron chi connectivity index (χ4n) is 8.61. The van der Waals surface area contributed by atoms with Gasteiger partial charge in [0.2, 0.25) is 5.88 Å². The van der Waals surface area contributed by atoms with Gasteiger partial charge in [-0.1, -0.05) is 30.2 Å². The van der Waals surface area contributed by atoms with Crippen LogP contribution in [0.2, 0.25) is 0 Å². The molecule has 2 aromatic carbocycles. The summed E-state index contributed by atoms with van der Waals surface area (Å²) < 4.78 is 50.4. The topological polar surface area (TPSA) is 108 Å². The van der Waals surface area contributed by atoms with Crippen molar-refractivity contribution < 1.29 is 27.8 Å². The predicted molar refractivity (Wildman–Crippen MR) is 181 cm³/mol. The van der Waals surface area contributed by atoms with E-state index < -0.39 is 23.3 Å². The quantitative estimate of drug-likeness (QED) is 0.299. The van der Waals surface area contributed by atoms with E-state index in [0.717, 1.165) is 32.2 Å². The number of carbonyl (C=O) groups excluding carboxylic acids is 1. The molecule has 9 rings (SSSR count). The number of benzene rings is 2. The maximum absolute atomic E-state index is 17.1. The molecule has 1 amide bonds. The van der Waals surface area contributed by atoms with Crippen LogP contribution in [0, 0.1) is 24.0 Å². The summed E-state index contributed by atoms with van der Waals surface area (Å²) in [4.78, 5) is 30.1. The molecule has 2 aromatic heterocycles. The van der Waals surface area contributed by atoms with Crippen LogP contribution < -0.4 is 19.7 Å². The lowest BCUT2D eigenvalue weighted by Gasteiger charge is -2.38. The number of piperazine rings is 1. The molecule has 50 heavy (non-hydrogen) atoms. The second-order valence-electron chi connectivity index (χ2n) is 14.2. The minimum Gasteiger partial charge on any atom is -0.475 e. The van der Waals surface area contributed by atoms with E-state index in [1.165, 1.54) is 11.0 Å². The van der Waals surface area contributed by atoms with E-state index in [4.69, 9.17) is 35.6 Å². The first kappa shape index (κ1) is 31.2. The van der Waals surface area contributed by atoms with E-state index in [1.807, 2.05) is 5.01 Å². The lowest BCUT2D eigenvalue weighted by atomic mass is 9.95. The van der Waals surface area contributed by atoms with E-state index in [0.29, 0.717) is 53.8 Å². The number of terminal acetylenes is 1. The molecule has 7 heterocycles. The monoisotopic (exact) mass is 682 g/mol. The van der Waals surface area contributed by atoms with Gasteiger partial charge in [0.25, 0.3) is 0 Å². The van der Waals surface area contributed by atoms with Crippen LogP contribution in [-0.2, 0) is 4.74 Å². The van der Waals surface area contributed by atoms with E-state index in [-0.39, 0.29) is 53.6 Å². The van der Waals surface area contributed by atoms with Gasteiger partial charge in [0.05, 0.1) is 16.6 Å². The number of hydrazine groups is 1. The van der Waals surface area contributed by atoms with Gasteiger partial charge in [0.15, 0.2) is 12.5 Å². The molecule has 12 nitrogen and oxygen atoms in total. The summed E-state index contributed by atoms with van der Waals surface area (Å²) in [7, 11) is 3.30. The van der Waals surface area contributed by atoms with Crippen molar-refractivity contribution in [2.45, 2.75) is 42.8 Å². The first-order valence-electron chi connectivity index (χ1n) is 16.9. The van der Waals surface area contributed by atoms with E-state index >= 15 is 4.39 Å². The number of rotatable bonds is 6. The molecule has 258 valence electrons. The fourth-order valence-corrected chi connectivity index (χ4v) is 8.61. The van der Waals surface area contributed by atoms with Crippen molar-refractivity contribution in [3.63, 3.8) is 0 Å². The van der Waals surface area contributed by atoms with E-state index in [9.17, 15) is 9.18 Å². The van der Waals surface area contributed by atoms with E-state index in [2.05, 4.69) is 21.1 Å². The third kappa shape index (κ3) is 4.60. The summed E-state index contributed by atoms with van der Waals surface area (Å²) in [5.41, 5.74) is -0.400. The smallest absolute Gasteiger partial charge is 0.410 e. The number of anilines is 1. The summed E-state index contributed by atoms with van der Waals surface area (Å²) in [6.45, 7) is 3.59. The van der Waals surface area contributed by atoms with Gasteiger partial charge in [0, 0.05) is 57.3 Å². The second-order valence-corrected chi connectivity index (χ2v) is 14.2. The van der Waals surface area contributed by atoms with Crippen LogP contribution in [-0.4, -0.2) is 113 Å². The molecule has 4 aromatic rings. The molecule has 1 N–H and O–H groups in total. The molecule has 2 bridgehead atoms. The molecular weight excluding hydrogens is 646 g/mol. The zero-order valence-corrected chi connectivity index (χ0v) is 27.8. The number of pyridine rings is 1. The van der Waals surface area contributed by atoms with Gasteiger partial charge in [-0.3, -0.25) is 0 Å². The van der Waals surface area contributed by atoms with Gasteiger partial charge in [-0.05, 0) is 37.1 Å². The number of halogens is 2. The largest absolute Gasteiger partial charge is 0.475 e. The predicted octanol–water partition coefficient (Wildman–Crippen LogP) is 3.91. The van der Waals surface area contributed by atoms with Gasteiger partial charge in [-0.2, -0.15) is 9.97 Å². The Bertz CT molecular complexity index is 2130. The number of amides is 1. The van der Waals surface area contributed by atoms with Crippen LogP contribution >= 0.6 is 0 Å². The summed E-state index contributed by atoms with van der Waals surface area (Å²) in [6.07, 6.45) is 8.84. The van der Waals surface area contributed by atoms with Gasteiger partial charge in [-0.25, -0.2) is 28.6 Å². The standard InChI is InChI=1S/C36H36F2N8O4/c1-4-23-25(37)10-9-21-7-5-8-24(26(21)23)29-28(38)30-27-31(45-16-22-15-36(45,17-39-22)19-48-32(27)40-29)42-33(41-30)49-18-35-11-6-13-46(35)44(14-12-35)20-50-34(47)43(2)3/h1,5,7-10,22,39H,6,11-20H2,2-3H3/t22-,35?,36-/m1/s1. The van der Waals surface area contributed by atoms with Crippen molar-refractivity contribution in [2.24, 2.45) is 0 Å². The van der Waals surface area contributed by atoms with Crippen LogP contribution in [0.15, 0.2) is 30.3 Å². The normalized spacial score (nSPS) is 25.3. The summed E-state index contributed by atoms with van der Waals surface area (Å²) in [6, 6.07) is 8.47. The van der Waals surface area contributed by atoms with Crippen molar-refractivity contribution in [3.8, 4) is 35.5 Å². The first-order valence-corrected chi connectivity index (χ1v) is 16.9. The molecule has 0 radical (unpaired) electrons. The van der Waals surface area contributed by atoms with Gasteiger partial charge >= 0.3 is 12.1 Å². The molecule has 14 heteroatoms. The zero-order chi connectivity index (χ0) is 34.4. The van der Waals surface area contributed by atoms with Crippen LogP contribution in [0.25, 0.3) is 32.9 Å². The number of carbonyl (C=O) groups is 1. The summed E-state index contributed by atoms with van der Waals surface area (Å²) >= 11 is 0. The number of fused-ring (bicyclic) bond motifs is 4. The Morgan fingerprint density at radius 2 is 2.04 bits per heavy atom. The highest BCUT2D eigenvalue weighted by Crippen LogP contribution is 2.48. The van der Waals surface area contributed by atoms with Gasteiger partial charge in [-0.15, -0.1) is 6.42 Å². The molecule has 4 fully saturated rings. The SMILES string of the molecule is C#Cc1c(F)ccc2cccc(-c3nc4c5c(nc(OCC67CCCN6N(COC(=O)N(C)C)CC7)nc5c3F)N3C[C@H]5C[C@@]3(CN5)CO4)c12. The molecular formula is C36H36F2N8O4. The van der Waals surface area contributed by atoms with Gasteiger partial charge < -0.3 is 29.3 Å². The van der Waals surface area contributed by atoms with Crippen LogP contribution in [0.5, 0.6) is 11.9 Å². The fraction of sp³-hybridized carbons (Fsp3) is 0.444. The molecule has 1 spiro atoms. The molecule has 0 aliphatic carbocycles. The molecule has 5 aliphatic heterocycles. The Labute approximate surface area is 287 Å². The second kappa shape index (κ2) is 11.3. The highest BCUT2D eigenvalue weighted by Gasteiger charge is 2.54. The lowest BCUT2D eigenvalue weighted by Crippen LogP contribution is -2.56. The summed E-state index contributed by atoms with van der Waals surface area (Å²) in [5.74, 6) is 1.91. The number of nitrogens with one attached hydrogen (secondary N) is 1. The van der Waals surface area contributed by atoms with E-state index in [1.54, 1.807) is 38.4 Å². The number of hydrogen-bond acceptors (Lipinski definition) is 11. The van der Waals surface area contributed by atoms with Crippen LogP contribution in [0.4, 0.5) is 19.4 Å². The highest BCUT2D eigenvalue weighted by molar-refractivity contribution is 6.03. The third-order valence-electron chi connectivity index (χ3n) is 11.1. The average Bonchev–Trinajstić information content (AvgIpc) is 3.88. The maximum atomic E-state index is 17.1. The molecule has 3 atom stereocenters. The molecule has 5 aliphatic rings. The Morgan fingerprint density at radius 1 is 1.16 bits per heavy atom. The molecule has 0 saturated carbocycles. The maximum Gasteiger partial charge on any atom is 0.410 e. The number of nitrogens with zero attached hydrogens (tertiary/aromatic N) is 7. The van der Waals surface area contributed by atoms with Gasteiger partial charge in [0.1, 0.15) is 41.4 Å². The van der Waals surface area contributed by atoms with Crippen molar-refractivity contribution in [1.29, 1.82) is 0 Å². The zero-order valence-electron chi connectivity index (χ0n) is 27.8. The highest BCUT2D eigenvalue weighted by atomic mass is 19.1. The third-order valence-corrected chi connectivity index (χ3v) is 11.1. The van der Waals surface area contributed by atoms with Crippen LogP contribution in [0.3, 0.4) is 0 Å². The van der Waals surface area contributed by atoms with Crippen molar-refractivity contribution in [2.75, 3.05) is 65.1 Å². The minimum atomic E-state index is -0.700. The van der Waals surface area contributed by atoms with Crippen molar-refractivity contribution in [1.82, 2.24) is 35.2 Å². The molecule has 4 saturated heterocycles.